The normalized spacial score (nSPS) is 24.1. The molecule has 0 spiro atoms. The first-order chi connectivity index (χ1) is 8.67. The number of methoxy groups -OCH3 is 1. The Morgan fingerprint density at radius 1 is 1.50 bits per heavy atom. The van der Waals surface area contributed by atoms with E-state index >= 15 is 0 Å². The molecule has 4 nitrogen and oxygen atoms in total. The minimum atomic E-state index is -0.0475. The van der Waals surface area contributed by atoms with Crippen LogP contribution in [0, 0.1) is 0 Å². The summed E-state index contributed by atoms with van der Waals surface area (Å²) < 4.78 is 5.62. The molecule has 1 aliphatic heterocycles. The van der Waals surface area contributed by atoms with Crippen LogP contribution in [0.25, 0.3) is 0 Å². The summed E-state index contributed by atoms with van der Waals surface area (Å²) in [5.41, 5.74) is -0.0475. The predicted molar refractivity (Wildman–Crippen MR) is 75.3 cm³/mol. The summed E-state index contributed by atoms with van der Waals surface area (Å²) in [6.45, 7) is 7.12. The van der Waals surface area contributed by atoms with E-state index in [1.807, 2.05) is 6.07 Å². The number of hydrogen-bond donors (Lipinski definition) is 1. The topological polar surface area (TPSA) is 37.4 Å². The average molecular weight is 249 g/mol. The average Bonchev–Trinajstić information content (AvgIpc) is 2.40. The van der Waals surface area contributed by atoms with Gasteiger partial charge in [-0.3, -0.25) is 0 Å². The Bertz CT molecular complexity index is 396. The second-order valence-electron chi connectivity index (χ2n) is 5.09. The van der Waals surface area contributed by atoms with Gasteiger partial charge in [0.2, 0.25) is 0 Å². The van der Waals surface area contributed by atoms with Crippen LogP contribution in [0.4, 0.5) is 11.6 Å². The van der Waals surface area contributed by atoms with E-state index in [2.05, 4.69) is 41.2 Å². The maximum atomic E-state index is 5.62. The second-order valence-corrected chi connectivity index (χ2v) is 5.09. The first-order valence-electron chi connectivity index (χ1n) is 6.68. The van der Waals surface area contributed by atoms with Crippen molar-refractivity contribution in [2.75, 3.05) is 37.0 Å². The molecule has 2 heterocycles. The van der Waals surface area contributed by atoms with Gasteiger partial charge in [0.1, 0.15) is 11.6 Å². The van der Waals surface area contributed by atoms with E-state index in [4.69, 9.17) is 4.74 Å². The van der Waals surface area contributed by atoms with Crippen LogP contribution in [-0.4, -0.2) is 37.3 Å². The zero-order valence-electron chi connectivity index (χ0n) is 11.6. The van der Waals surface area contributed by atoms with E-state index in [-0.39, 0.29) is 5.60 Å². The van der Waals surface area contributed by atoms with Gasteiger partial charge in [0.05, 0.1) is 5.60 Å². The SMILES string of the molecule is CCNc1cccc(N2CCCC(C)(OC)C2)n1. The maximum Gasteiger partial charge on any atom is 0.131 e. The van der Waals surface area contributed by atoms with Crippen LogP contribution in [0.5, 0.6) is 0 Å². The van der Waals surface area contributed by atoms with Crippen molar-refractivity contribution in [2.45, 2.75) is 32.3 Å². The molecule has 0 aromatic carbocycles. The Morgan fingerprint density at radius 3 is 3.06 bits per heavy atom. The lowest BCUT2D eigenvalue weighted by atomic mass is 9.95. The predicted octanol–water partition coefficient (Wildman–Crippen LogP) is 2.52. The molecular weight excluding hydrogens is 226 g/mol. The lowest BCUT2D eigenvalue weighted by molar-refractivity contribution is -0.00481. The summed E-state index contributed by atoms with van der Waals surface area (Å²) >= 11 is 0. The molecule has 1 N–H and O–H groups in total. The lowest BCUT2D eigenvalue weighted by Crippen LogP contribution is -2.47. The highest BCUT2D eigenvalue weighted by molar-refractivity contribution is 5.47. The number of anilines is 2. The highest BCUT2D eigenvalue weighted by Gasteiger charge is 2.31. The van der Waals surface area contributed by atoms with Crippen molar-refractivity contribution in [3.63, 3.8) is 0 Å². The van der Waals surface area contributed by atoms with E-state index in [0.717, 1.165) is 44.1 Å². The molecule has 1 unspecified atom stereocenters. The first-order valence-corrected chi connectivity index (χ1v) is 6.68. The van der Waals surface area contributed by atoms with Crippen LogP contribution in [0.15, 0.2) is 18.2 Å². The van der Waals surface area contributed by atoms with Crippen LogP contribution >= 0.6 is 0 Å². The number of aromatic nitrogens is 1. The molecule has 0 bridgehead atoms. The van der Waals surface area contributed by atoms with Crippen molar-refractivity contribution < 1.29 is 4.74 Å². The van der Waals surface area contributed by atoms with Crippen LogP contribution in [0.2, 0.25) is 0 Å². The third-order valence-corrected chi connectivity index (χ3v) is 3.57. The number of rotatable bonds is 4. The van der Waals surface area contributed by atoms with E-state index < -0.39 is 0 Å². The van der Waals surface area contributed by atoms with Crippen molar-refractivity contribution in [1.29, 1.82) is 0 Å². The summed E-state index contributed by atoms with van der Waals surface area (Å²) in [5, 5.41) is 3.25. The Kier molecular flexibility index (Phi) is 4.07. The number of nitrogens with zero attached hydrogens (tertiary/aromatic N) is 2. The van der Waals surface area contributed by atoms with Gasteiger partial charge in [-0.25, -0.2) is 4.98 Å². The molecule has 1 aromatic rings. The number of piperidine rings is 1. The Morgan fingerprint density at radius 2 is 2.33 bits per heavy atom. The minimum Gasteiger partial charge on any atom is -0.377 e. The Labute approximate surface area is 109 Å². The largest absolute Gasteiger partial charge is 0.377 e. The monoisotopic (exact) mass is 249 g/mol. The van der Waals surface area contributed by atoms with Crippen LogP contribution in [-0.2, 0) is 4.74 Å². The molecule has 2 rings (SSSR count). The molecule has 0 radical (unpaired) electrons. The quantitative estimate of drug-likeness (QED) is 0.889. The van der Waals surface area contributed by atoms with Gasteiger partial charge in [-0.15, -0.1) is 0 Å². The fourth-order valence-electron chi connectivity index (χ4n) is 2.45. The summed E-state index contributed by atoms with van der Waals surface area (Å²) in [6.07, 6.45) is 2.27. The molecular formula is C14H23N3O. The molecule has 1 fully saturated rings. The zero-order chi connectivity index (χ0) is 13.0. The third-order valence-electron chi connectivity index (χ3n) is 3.57. The number of pyridine rings is 1. The molecule has 4 heteroatoms. The molecule has 1 saturated heterocycles. The van der Waals surface area contributed by atoms with Crippen LogP contribution < -0.4 is 10.2 Å². The Balaban J connectivity index is 2.13. The Hall–Kier alpha value is -1.29. The smallest absolute Gasteiger partial charge is 0.131 e. The summed E-state index contributed by atoms with van der Waals surface area (Å²) in [6, 6.07) is 6.13. The van der Waals surface area contributed by atoms with Gasteiger partial charge < -0.3 is 15.0 Å². The fourth-order valence-corrected chi connectivity index (χ4v) is 2.45. The van der Waals surface area contributed by atoms with Crippen molar-refractivity contribution in [2.24, 2.45) is 0 Å². The molecule has 0 amide bonds. The zero-order valence-corrected chi connectivity index (χ0v) is 11.6. The number of hydrogen-bond acceptors (Lipinski definition) is 4. The van der Waals surface area contributed by atoms with Gasteiger partial charge in [0.25, 0.3) is 0 Å². The van der Waals surface area contributed by atoms with Gasteiger partial charge in [-0.05, 0) is 38.8 Å². The highest BCUT2D eigenvalue weighted by atomic mass is 16.5. The highest BCUT2D eigenvalue weighted by Crippen LogP contribution is 2.27. The first kappa shape index (κ1) is 13.1. The van der Waals surface area contributed by atoms with Crippen LogP contribution in [0.1, 0.15) is 26.7 Å². The van der Waals surface area contributed by atoms with Crippen molar-refractivity contribution in [1.82, 2.24) is 4.98 Å². The molecule has 18 heavy (non-hydrogen) atoms. The fraction of sp³-hybridized carbons (Fsp3) is 0.643. The van der Waals surface area contributed by atoms with E-state index in [1.54, 1.807) is 7.11 Å². The van der Waals surface area contributed by atoms with Gasteiger partial charge in [0.15, 0.2) is 0 Å². The van der Waals surface area contributed by atoms with Crippen molar-refractivity contribution in [3.05, 3.63) is 18.2 Å². The molecule has 0 aliphatic carbocycles. The second kappa shape index (κ2) is 5.57. The van der Waals surface area contributed by atoms with Crippen molar-refractivity contribution >= 4 is 11.6 Å². The molecule has 0 saturated carbocycles. The summed E-state index contributed by atoms with van der Waals surface area (Å²) in [5.74, 6) is 1.98. The number of ether oxygens (including phenoxy) is 1. The van der Waals surface area contributed by atoms with Gasteiger partial charge in [0, 0.05) is 26.7 Å². The van der Waals surface area contributed by atoms with Gasteiger partial charge >= 0.3 is 0 Å². The van der Waals surface area contributed by atoms with E-state index in [9.17, 15) is 0 Å². The van der Waals surface area contributed by atoms with Gasteiger partial charge in [-0.2, -0.15) is 0 Å². The number of nitrogens with one attached hydrogen (secondary N) is 1. The summed E-state index contributed by atoms with van der Waals surface area (Å²) in [7, 11) is 1.80. The third kappa shape index (κ3) is 2.93. The standard InChI is InChI=1S/C14H23N3O/c1-4-15-12-7-5-8-13(16-12)17-10-6-9-14(2,11-17)18-3/h5,7-8H,4,6,9-11H2,1-3H3,(H,15,16). The molecule has 1 aromatic heterocycles. The van der Waals surface area contributed by atoms with E-state index in [1.165, 1.54) is 0 Å². The van der Waals surface area contributed by atoms with E-state index in [0.29, 0.717) is 0 Å². The molecule has 1 atom stereocenters. The molecule has 1 aliphatic rings. The van der Waals surface area contributed by atoms with Crippen LogP contribution in [0.3, 0.4) is 0 Å². The summed E-state index contributed by atoms with van der Waals surface area (Å²) in [4.78, 5) is 6.96. The molecule has 100 valence electrons. The maximum absolute atomic E-state index is 5.62. The minimum absolute atomic E-state index is 0.0475. The lowest BCUT2D eigenvalue weighted by Gasteiger charge is -2.40. The van der Waals surface area contributed by atoms with Gasteiger partial charge in [-0.1, -0.05) is 6.07 Å². The van der Waals surface area contributed by atoms with Crippen molar-refractivity contribution in [3.8, 4) is 0 Å².